The molecule has 1 aliphatic rings. The molecule has 0 unspecified atom stereocenters. The van der Waals surface area contributed by atoms with Crippen LogP contribution in [0.4, 0.5) is 0 Å². The molecule has 0 amide bonds. The summed E-state index contributed by atoms with van der Waals surface area (Å²) in [7, 11) is 0. The molecule has 0 radical (unpaired) electrons. The molecule has 76 valence electrons. The van der Waals surface area contributed by atoms with Crippen LogP contribution in [0.15, 0.2) is 0 Å². The van der Waals surface area contributed by atoms with Crippen LogP contribution in [0.2, 0.25) is 0 Å². The summed E-state index contributed by atoms with van der Waals surface area (Å²) in [5.74, 6) is 0.683. The highest BCUT2D eigenvalue weighted by Crippen LogP contribution is 2.29. The van der Waals surface area contributed by atoms with Gasteiger partial charge in [-0.15, -0.1) is 0 Å². The van der Waals surface area contributed by atoms with E-state index in [4.69, 9.17) is 4.74 Å². The van der Waals surface area contributed by atoms with E-state index in [1.54, 1.807) is 0 Å². The highest BCUT2D eigenvalue weighted by molar-refractivity contribution is 5.81. The SMILES string of the molecule is CCCC(=O)[C@@H]1CCOC(C)(C)C1. The minimum atomic E-state index is -0.0910. The van der Waals surface area contributed by atoms with Gasteiger partial charge in [0.25, 0.3) is 0 Å². The van der Waals surface area contributed by atoms with E-state index in [1.807, 2.05) is 0 Å². The summed E-state index contributed by atoms with van der Waals surface area (Å²) in [5.41, 5.74) is -0.0910. The van der Waals surface area contributed by atoms with Gasteiger partial charge in [0.15, 0.2) is 0 Å². The van der Waals surface area contributed by atoms with Crippen LogP contribution in [0.5, 0.6) is 0 Å². The highest BCUT2D eigenvalue weighted by atomic mass is 16.5. The zero-order valence-electron chi connectivity index (χ0n) is 8.93. The molecular formula is C11H20O2. The maximum Gasteiger partial charge on any atom is 0.136 e. The lowest BCUT2D eigenvalue weighted by Crippen LogP contribution is -2.36. The first-order valence-electron chi connectivity index (χ1n) is 5.22. The molecule has 2 heteroatoms. The van der Waals surface area contributed by atoms with E-state index in [1.165, 1.54) is 0 Å². The fourth-order valence-corrected chi connectivity index (χ4v) is 1.96. The summed E-state index contributed by atoms with van der Waals surface area (Å²) in [6.07, 6.45) is 3.52. The van der Waals surface area contributed by atoms with Gasteiger partial charge in [0.2, 0.25) is 0 Å². The molecule has 1 rings (SSSR count). The largest absolute Gasteiger partial charge is 0.376 e. The van der Waals surface area contributed by atoms with Crippen LogP contribution < -0.4 is 0 Å². The van der Waals surface area contributed by atoms with E-state index in [2.05, 4.69) is 20.8 Å². The van der Waals surface area contributed by atoms with Crippen molar-refractivity contribution in [1.29, 1.82) is 0 Å². The first-order valence-corrected chi connectivity index (χ1v) is 5.22. The fourth-order valence-electron chi connectivity index (χ4n) is 1.96. The van der Waals surface area contributed by atoms with Crippen LogP contribution in [0, 0.1) is 5.92 Å². The van der Waals surface area contributed by atoms with Gasteiger partial charge in [-0.25, -0.2) is 0 Å². The maximum atomic E-state index is 11.6. The summed E-state index contributed by atoms with van der Waals surface area (Å²) in [6, 6.07) is 0. The Balaban J connectivity index is 2.47. The number of carbonyl (C=O) groups is 1. The van der Waals surface area contributed by atoms with Crippen molar-refractivity contribution in [3.05, 3.63) is 0 Å². The Bertz CT molecular complexity index is 185. The number of hydrogen-bond donors (Lipinski definition) is 0. The molecule has 0 aliphatic carbocycles. The first-order chi connectivity index (χ1) is 6.05. The fraction of sp³-hybridized carbons (Fsp3) is 0.909. The second-order valence-electron chi connectivity index (χ2n) is 4.51. The van der Waals surface area contributed by atoms with Crippen LogP contribution in [0.3, 0.4) is 0 Å². The highest BCUT2D eigenvalue weighted by Gasteiger charge is 2.31. The third-order valence-electron chi connectivity index (χ3n) is 2.65. The van der Waals surface area contributed by atoms with E-state index >= 15 is 0 Å². The Hall–Kier alpha value is -0.370. The second kappa shape index (κ2) is 4.23. The van der Waals surface area contributed by atoms with Crippen LogP contribution in [-0.4, -0.2) is 18.0 Å². The van der Waals surface area contributed by atoms with Crippen molar-refractivity contribution in [2.45, 2.75) is 52.1 Å². The number of Topliss-reactive ketones (excluding diaryl/α,β-unsaturated/α-hetero) is 1. The van der Waals surface area contributed by atoms with E-state index in [0.717, 1.165) is 32.3 Å². The quantitative estimate of drug-likeness (QED) is 0.673. The van der Waals surface area contributed by atoms with Crippen LogP contribution in [0.1, 0.15) is 46.5 Å². The van der Waals surface area contributed by atoms with Crippen LogP contribution in [-0.2, 0) is 9.53 Å². The standard InChI is InChI=1S/C11H20O2/c1-4-5-10(12)9-6-7-13-11(2,3)8-9/h9H,4-8H2,1-3H3/t9-/m1/s1. The maximum absolute atomic E-state index is 11.6. The average molecular weight is 184 g/mol. The third kappa shape index (κ3) is 3.11. The second-order valence-corrected chi connectivity index (χ2v) is 4.51. The van der Waals surface area contributed by atoms with E-state index in [9.17, 15) is 4.79 Å². The zero-order valence-corrected chi connectivity index (χ0v) is 8.93. The van der Waals surface area contributed by atoms with Crippen molar-refractivity contribution < 1.29 is 9.53 Å². The van der Waals surface area contributed by atoms with Crippen molar-refractivity contribution in [3.8, 4) is 0 Å². The molecule has 2 nitrogen and oxygen atoms in total. The van der Waals surface area contributed by atoms with Crippen molar-refractivity contribution in [1.82, 2.24) is 0 Å². The van der Waals surface area contributed by atoms with Crippen molar-refractivity contribution in [2.75, 3.05) is 6.61 Å². The molecule has 1 atom stereocenters. The molecule has 0 N–H and O–H groups in total. The number of ketones is 1. The predicted molar refractivity (Wildman–Crippen MR) is 52.7 cm³/mol. The molecular weight excluding hydrogens is 164 g/mol. The minimum Gasteiger partial charge on any atom is -0.376 e. The van der Waals surface area contributed by atoms with Gasteiger partial charge in [0.05, 0.1) is 5.60 Å². The van der Waals surface area contributed by atoms with Crippen LogP contribution in [0.25, 0.3) is 0 Å². The lowest BCUT2D eigenvalue weighted by molar-refractivity contribution is -0.133. The van der Waals surface area contributed by atoms with Gasteiger partial charge in [-0.1, -0.05) is 6.92 Å². The zero-order chi connectivity index (χ0) is 9.90. The number of carbonyl (C=O) groups excluding carboxylic acids is 1. The topological polar surface area (TPSA) is 26.3 Å². The molecule has 0 aromatic heterocycles. The Morgan fingerprint density at radius 3 is 2.77 bits per heavy atom. The Morgan fingerprint density at radius 2 is 2.23 bits per heavy atom. The Labute approximate surface area is 80.7 Å². The molecule has 13 heavy (non-hydrogen) atoms. The van der Waals surface area contributed by atoms with Crippen molar-refractivity contribution in [2.24, 2.45) is 5.92 Å². The Morgan fingerprint density at radius 1 is 1.54 bits per heavy atom. The van der Waals surface area contributed by atoms with Gasteiger partial charge < -0.3 is 4.74 Å². The monoisotopic (exact) mass is 184 g/mol. The Kier molecular flexibility index (Phi) is 3.48. The molecule has 1 heterocycles. The molecule has 1 aliphatic heterocycles. The van der Waals surface area contributed by atoms with Gasteiger partial charge in [-0.2, -0.15) is 0 Å². The van der Waals surface area contributed by atoms with Crippen molar-refractivity contribution in [3.63, 3.8) is 0 Å². The average Bonchev–Trinajstić information content (AvgIpc) is 2.03. The first kappa shape index (κ1) is 10.7. The van der Waals surface area contributed by atoms with E-state index in [-0.39, 0.29) is 11.5 Å². The smallest absolute Gasteiger partial charge is 0.136 e. The normalized spacial score (nSPS) is 27.2. The van der Waals surface area contributed by atoms with Gasteiger partial charge in [0, 0.05) is 18.9 Å². The lowest BCUT2D eigenvalue weighted by Gasteiger charge is -2.34. The summed E-state index contributed by atoms with van der Waals surface area (Å²) in [5, 5.41) is 0. The summed E-state index contributed by atoms with van der Waals surface area (Å²) in [4.78, 5) is 11.6. The predicted octanol–water partition coefficient (Wildman–Crippen LogP) is 2.56. The van der Waals surface area contributed by atoms with Gasteiger partial charge in [0.1, 0.15) is 5.78 Å². The van der Waals surface area contributed by atoms with Crippen LogP contribution >= 0.6 is 0 Å². The number of rotatable bonds is 3. The third-order valence-corrected chi connectivity index (χ3v) is 2.65. The summed E-state index contributed by atoms with van der Waals surface area (Å²) < 4.78 is 5.57. The van der Waals surface area contributed by atoms with E-state index < -0.39 is 0 Å². The summed E-state index contributed by atoms with van der Waals surface area (Å²) in [6.45, 7) is 6.94. The summed E-state index contributed by atoms with van der Waals surface area (Å²) >= 11 is 0. The molecule has 0 spiro atoms. The van der Waals surface area contributed by atoms with E-state index in [0.29, 0.717) is 5.78 Å². The molecule has 0 aromatic carbocycles. The lowest BCUT2D eigenvalue weighted by atomic mass is 9.84. The molecule has 1 fully saturated rings. The van der Waals surface area contributed by atoms with Gasteiger partial charge >= 0.3 is 0 Å². The molecule has 0 bridgehead atoms. The number of ether oxygens (including phenoxy) is 1. The van der Waals surface area contributed by atoms with Gasteiger partial charge in [-0.05, 0) is 33.1 Å². The minimum absolute atomic E-state index is 0.0910. The molecule has 0 saturated carbocycles. The van der Waals surface area contributed by atoms with Crippen molar-refractivity contribution >= 4 is 5.78 Å². The number of hydrogen-bond acceptors (Lipinski definition) is 2. The molecule has 0 aromatic rings. The van der Waals surface area contributed by atoms with Gasteiger partial charge in [-0.3, -0.25) is 4.79 Å². The molecule has 1 saturated heterocycles.